The zero-order chi connectivity index (χ0) is 39.0. The van der Waals surface area contributed by atoms with E-state index >= 15 is 0 Å². The normalized spacial score (nSPS) is 35.4. The van der Waals surface area contributed by atoms with Crippen molar-refractivity contribution in [2.24, 2.45) is 46.3 Å². The number of unbranched alkanes of at least 4 members (excludes halogenated alkanes) is 11. The van der Waals surface area contributed by atoms with Crippen LogP contribution >= 0.6 is 0 Å². The average molecular weight is 753 g/mol. The Morgan fingerprint density at radius 3 is 2.09 bits per heavy atom. The van der Waals surface area contributed by atoms with Crippen molar-refractivity contribution in [3.8, 4) is 0 Å². The zero-order valence-electron chi connectivity index (χ0n) is 36.8. The molecule has 0 amide bonds. The summed E-state index contributed by atoms with van der Waals surface area (Å²) < 4.78 is 12.2. The van der Waals surface area contributed by atoms with Crippen LogP contribution in [0.2, 0.25) is 0 Å². The van der Waals surface area contributed by atoms with Crippen LogP contribution in [0.5, 0.6) is 0 Å². The quantitative estimate of drug-likeness (QED) is 0.0626. The largest absolute Gasteiger partial charge is 0.783 e. The number of hydrogen-bond donors (Lipinski definition) is 0. The summed E-state index contributed by atoms with van der Waals surface area (Å²) in [4.78, 5) is 12.9. The Hall–Kier alpha value is -0.910. The van der Waals surface area contributed by atoms with Gasteiger partial charge in [0.1, 0.15) is 11.8 Å². The van der Waals surface area contributed by atoms with Gasteiger partial charge in [0.25, 0.3) is 0 Å². The third kappa shape index (κ3) is 10.4. The third-order valence-electron chi connectivity index (χ3n) is 16.4. The standard InChI is InChI=1S/C49H86NO4/c1-9-49(50(52)46(5,6)36-53-49)32-21-19-17-15-13-11-10-12-14-16-18-20-25-45(51)54-40-30-33-47(7)39(35-40)26-27-41-43-29-28-42(38(4)24-22-23-37(2)3)48(43,8)34-31-44(41)47/h26,37-38,40-44H,9-25,27-36H2,1-8H3/q-1/t38-,40?,41+,42-,43+,44+,47+,48-,49?/m1/s1. The molecule has 0 aromatic carbocycles. The van der Waals surface area contributed by atoms with Crippen molar-refractivity contribution >= 4 is 5.97 Å². The summed E-state index contributed by atoms with van der Waals surface area (Å²) in [5.74, 6) is 5.24. The molecule has 312 valence electrons. The van der Waals surface area contributed by atoms with Crippen molar-refractivity contribution < 1.29 is 14.3 Å². The number of carbonyl (C=O) groups is 1. The van der Waals surface area contributed by atoms with E-state index in [0.29, 0.717) is 23.9 Å². The van der Waals surface area contributed by atoms with Gasteiger partial charge in [0.2, 0.25) is 0 Å². The molecule has 0 aromatic rings. The van der Waals surface area contributed by atoms with Crippen LogP contribution in [0.25, 0.3) is 0 Å². The fraction of sp³-hybridized carbons (Fsp3) is 0.939. The van der Waals surface area contributed by atoms with E-state index in [-0.39, 0.29) is 12.1 Å². The SMILES string of the molecule is CCC1(CCCCCCCCCCCCCCC(=O)OC2CC[C@@]3(C)C(=CC[C@H]4[C@@H]5CC[C@H]([C@H](C)CCCC(C)C)[C@@]5(C)CC[C@@H]43)C2)OCC(C)(C)N1[O-]. The van der Waals surface area contributed by atoms with Crippen LogP contribution in [-0.4, -0.2) is 35.0 Å². The van der Waals surface area contributed by atoms with Gasteiger partial charge in [-0.3, -0.25) is 4.79 Å². The van der Waals surface area contributed by atoms with E-state index in [9.17, 15) is 10.0 Å². The highest BCUT2D eigenvalue weighted by atomic mass is 16.6. The maximum Gasteiger partial charge on any atom is 0.306 e. The summed E-state index contributed by atoms with van der Waals surface area (Å²) in [7, 11) is 0. The Labute approximate surface area is 333 Å². The molecule has 2 unspecified atom stereocenters. The molecule has 5 nitrogen and oxygen atoms in total. The molecule has 0 bridgehead atoms. The molecule has 1 aliphatic heterocycles. The van der Waals surface area contributed by atoms with E-state index in [4.69, 9.17) is 9.47 Å². The van der Waals surface area contributed by atoms with Gasteiger partial charge >= 0.3 is 5.97 Å². The van der Waals surface area contributed by atoms with Crippen LogP contribution in [0.4, 0.5) is 0 Å². The number of hydroxylamine groups is 2. The van der Waals surface area contributed by atoms with Crippen molar-refractivity contribution in [2.45, 2.75) is 240 Å². The van der Waals surface area contributed by atoms with Crippen LogP contribution in [0.1, 0.15) is 222 Å². The van der Waals surface area contributed by atoms with Crippen molar-refractivity contribution in [1.82, 2.24) is 5.06 Å². The van der Waals surface area contributed by atoms with Crippen LogP contribution in [0, 0.1) is 51.5 Å². The Morgan fingerprint density at radius 1 is 0.833 bits per heavy atom. The Balaban J connectivity index is 0.902. The lowest BCUT2D eigenvalue weighted by molar-refractivity contribution is -0.151. The van der Waals surface area contributed by atoms with Crippen molar-refractivity contribution in [3.63, 3.8) is 0 Å². The molecule has 4 fully saturated rings. The summed E-state index contributed by atoms with van der Waals surface area (Å²) >= 11 is 0. The molecule has 4 aliphatic carbocycles. The first-order valence-electron chi connectivity index (χ1n) is 23.8. The number of nitrogens with zero attached hydrogens (tertiary/aromatic N) is 1. The minimum absolute atomic E-state index is 0.0423. The molecular formula is C49H86NO4-. The molecule has 5 heteroatoms. The molecule has 3 saturated carbocycles. The minimum Gasteiger partial charge on any atom is -0.783 e. The van der Waals surface area contributed by atoms with Gasteiger partial charge in [0.15, 0.2) is 0 Å². The van der Waals surface area contributed by atoms with Gasteiger partial charge in [0, 0.05) is 18.4 Å². The van der Waals surface area contributed by atoms with E-state index < -0.39 is 11.3 Å². The first-order chi connectivity index (χ1) is 25.8. The van der Waals surface area contributed by atoms with Crippen LogP contribution in [-0.2, 0) is 14.3 Å². The number of allylic oxidation sites excluding steroid dienone is 1. The van der Waals surface area contributed by atoms with E-state index in [1.54, 1.807) is 5.57 Å². The van der Waals surface area contributed by atoms with Crippen molar-refractivity contribution in [1.29, 1.82) is 0 Å². The summed E-state index contributed by atoms with van der Waals surface area (Å²) in [6.07, 6.45) is 34.1. The molecule has 0 spiro atoms. The first kappa shape index (κ1) is 44.2. The lowest BCUT2D eigenvalue weighted by Gasteiger charge is -2.58. The van der Waals surface area contributed by atoms with Gasteiger partial charge in [-0.1, -0.05) is 137 Å². The molecular weight excluding hydrogens is 667 g/mol. The number of fused-ring (bicyclic) bond motifs is 5. The number of hydrogen-bond acceptors (Lipinski definition) is 5. The predicted octanol–water partition coefficient (Wildman–Crippen LogP) is 14.1. The fourth-order valence-corrected chi connectivity index (χ4v) is 13.0. The highest BCUT2D eigenvalue weighted by Crippen LogP contribution is 2.67. The van der Waals surface area contributed by atoms with Gasteiger partial charge in [-0.2, -0.15) is 0 Å². The molecule has 9 atom stereocenters. The predicted molar refractivity (Wildman–Crippen MR) is 226 cm³/mol. The molecule has 5 rings (SSSR count). The molecule has 54 heavy (non-hydrogen) atoms. The van der Waals surface area contributed by atoms with Crippen LogP contribution in [0.3, 0.4) is 0 Å². The second kappa shape index (κ2) is 19.7. The Kier molecular flexibility index (Phi) is 16.1. The molecule has 0 radical (unpaired) electrons. The van der Waals surface area contributed by atoms with Gasteiger partial charge in [-0.15, -0.1) is 0 Å². The third-order valence-corrected chi connectivity index (χ3v) is 16.4. The fourth-order valence-electron chi connectivity index (χ4n) is 13.0. The number of rotatable bonds is 22. The molecule has 1 saturated heterocycles. The Bertz CT molecular complexity index is 1200. The highest BCUT2D eigenvalue weighted by Gasteiger charge is 2.59. The van der Waals surface area contributed by atoms with Crippen LogP contribution < -0.4 is 0 Å². The topological polar surface area (TPSA) is 61.8 Å². The van der Waals surface area contributed by atoms with Crippen molar-refractivity contribution in [3.05, 3.63) is 16.9 Å². The van der Waals surface area contributed by atoms with E-state index in [1.165, 1.54) is 121 Å². The van der Waals surface area contributed by atoms with Gasteiger partial charge in [-0.05, 0) is 131 Å². The van der Waals surface area contributed by atoms with E-state index in [0.717, 1.165) is 80.5 Å². The first-order valence-corrected chi connectivity index (χ1v) is 23.8. The lowest BCUT2D eigenvalue weighted by Crippen LogP contribution is -2.51. The molecule has 0 N–H and O–H groups in total. The summed E-state index contributed by atoms with van der Waals surface area (Å²) in [5.41, 5.74) is 1.49. The average Bonchev–Trinajstić information content (AvgIpc) is 3.61. The monoisotopic (exact) mass is 753 g/mol. The number of carbonyl (C=O) groups excluding carboxylic acids is 1. The molecule has 1 heterocycles. The molecule has 5 aliphatic rings. The second-order valence-electron chi connectivity index (χ2n) is 21.1. The van der Waals surface area contributed by atoms with Crippen LogP contribution in [0.15, 0.2) is 11.6 Å². The van der Waals surface area contributed by atoms with Gasteiger partial charge < -0.3 is 19.7 Å². The van der Waals surface area contributed by atoms with E-state index in [2.05, 4.69) is 47.6 Å². The van der Waals surface area contributed by atoms with Gasteiger partial charge in [0.05, 0.1) is 6.61 Å². The summed E-state index contributed by atoms with van der Waals surface area (Å²) in [5, 5.41) is 14.0. The minimum atomic E-state index is -0.595. The zero-order valence-corrected chi connectivity index (χ0v) is 36.8. The summed E-state index contributed by atoms with van der Waals surface area (Å²) in [6.45, 7) is 19.2. The summed E-state index contributed by atoms with van der Waals surface area (Å²) in [6, 6.07) is 0. The second-order valence-corrected chi connectivity index (χ2v) is 21.1. The van der Waals surface area contributed by atoms with E-state index in [1.807, 2.05) is 13.8 Å². The number of esters is 1. The maximum absolute atomic E-state index is 12.9. The highest BCUT2D eigenvalue weighted by molar-refractivity contribution is 5.69. The molecule has 0 aromatic heterocycles. The van der Waals surface area contributed by atoms with Gasteiger partial charge in [-0.25, -0.2) is 0 Å². The van der Waals surface area contributed by atoms with Crippen molar-refractivity contribution in [2.75, 3.05) is 6.61 Å². The Morgan fingerprint density at radius 2 is 1.48 bits per heavy atom. The maximum atomic E-state index is 12.9. The smallest absolute Gasteiger partial charge is 0.306 e. The number of ether oxygens (including phenoxy) is 2. The lowest BCUT2D eigenvalue weighted by atomic mass is 9.47.